The molecule has 2 saturated heterocycles. The van der Waals surface area contributed by atoms with Gasteiger partial charge in [0.25, 0.3) is 11.7 Å². The van der Waals surface area contributed by atoms with Gasteiger partial charge in [-0.25, -0.2) is 0 Å². The number of hydrogen-bond donors (Lipinski definition) is 1. The molecule has 1 unspecified atom stereocenters. The van der Waals surface area contributed by atoms with Crippen molar-refractivity contribution in [2.75, 3.05) is 59.7 Å². The number of ketones is 1. The van der Waals surface area contributed by atoms with Crippen LogP contribution in [0.2, 0.25) is 0 Å². The molecule has 2 heterocycles. The summed E-state index contributed by atoms with van der Waals surface area (Å²) in [4.78, 5) is 31.0. The second-order valence-electron chi connectivity index (χ2n) is 11.0. The minimum atomic E-state index is -0.780. The summed E-state index contributed by atoms with van der Waals surface area (Å²) in [6, 6.07) is 11.7. The third-order valence-corrected chi connectivity index (χ3v) is 7.90. The second-order valence-corrected chi connectivity index (χ2v) is 11.0. The van der Waals surface area contributed by atoms with Crippen molar-refractivity contribution in [2.24, 2.45) is 0 Å². The molecule has 9 nitrogen and oxygen atoms in total. The molecule has 0 spiro atoms. The summed E-state index contributed by atoms with van der Waals surface area (Å²) < 4.78 is 22.9. The predicted octanol–water partition coefficient (Wildman–Crippen LogP) is 5.59. The summed E-state index contributed by atoms with van der Waals surface area (Å²) in [7, 11) is 1.57. The topological polar surface area (TPSA) is 97.8 Å². The molecule has 4 rings (SSSR count). The zero-order valence-electron chi connectivity index (χ0n) is 25.8. The maximum Gasteiger partial charge on any atom is 0.295 e. The van der Waals surface area contributed by atoms with Gasteiger partial charge in [-0.2, -0.15) is 0 Å². The van der Waals surface area contributed by atoms with Crippen LogP contribution in [0.5, 0.6) is 17.2 Å². The number of nitrogens with zero attached hydrogens (tertiary/aromatic N) is 2. The third-order valence-electron chi connectivity index (χ3n) is 7.90. The van der Waals surface area contributed by atoms with Crippen molar-refractivity contribution < 1.29 is 33.6 Å². The number of hydrogen-bond acceptors (Lipinski definition) is 8. The molecule has 1 atom stereocenters. The number of Topliss-reactive ketones (excluding diaryl/α,β-unsaturated/α-hetero) is 1. The van der Waals surface area contributed by atoms with Crippen LogP contribution in [0.25, 0.3) is 5.76 Å². The lowest BCUT2D eigenvalue weighted by Crippen LogP contribution is -2.39. The van der Waals surface area contributed by atoms with Crippen LogP contribution in [0.4, 0.5) is 0 Å². The van der Waals surface area contributed by atoms with Crippen LogP contribution >= 0.6 is 0 Å². The standard InChI is InChI=1S/C34H46N2O7/c1-4-6-8-20-43-28-14-13-25(24-29(28)40-3)31-30(32(37)26-11-9-12-27(23-26)42-19-7-5-2)33(38)34(39)36(31)16-10-15-35-17-21-41-22-18-35/h9,11-14,23-24,31,37H,4-8,10,15-22H2,1-3H3/b32-30+. The summed E-state index contributed by atoms with van der Waals surface area (Å²) >= 11 is 0. The molecule has 2 fully saturated rings. The first-order valence-corrected chi connectivity index (χ1v) is 15.6. The number of methoxy groups -OCH3 is 1. The van der Waals surface area contributed by atoms with Crippen molar-refractivity contribution in [2.45, 2.75) is 58.4 Å². The lowest BCUT2D eigenvalue weighted by atomic mass is 9.95. The molecular weight excluding hydrogens is 548 g/mol. The predicted molar refractivity (Wildman–Crippen MR) is 166 cm³/mol. The summed E-state index contributed by atoms with van der Waals surface area (Å²) in [6.07, 6.45) is 5.69. The van der Waals surface area contributed by atoms with Crippen LogP contribution in [0.3, 0.4) is 0 Å². The van der Waals surface area contributed by atoms with E-state index in [4.69, 9.17) is 18.9 Å². The van der Waals surface area contributed by atoms with E-state index in [1.807, 2.05) is 18.2 Å². The van der Waals surface area contributed by atoms with Gasteiger partial charge in [0.05, 0.1) is 45.2 Å². The number of rotatable bonds is 16. The first-order chi connectivity index (χ1) is 21.0. The maximum absolute atomic E-state index is 13.6. The number of likely N-dealkylation sites (tertiary alicyclic amines) is 1. The molecule has 0 radical (unpaired) electrons. The number of carbonyl (C=O) groups is 2. The van der Waals surface area contributed by atoms with Crippen LogP contribution in [0.15, 0.2) is 48.0 Å². The Hall–Kier alpha value is -3.56. The molecule has 234 valence electrons. The highest BCUT2D eigenvalue weighted by molar-refractivity contribution is 6.46. The van der Waals surface area contributed by atoms with Crippen LogP contribution < -0.4 is 14.2 Å². The van der Waals surface area contributed by atoms with Crippen molar-refractivity contribution in [1.29, 1.82) is 0 Å². The van der Waals surface area contributed by atoms with Gasteiger partial charge >= 0.3 is 0 Å². The van der Waals surface area contributed by atoms with Crippen LogP contribution in [0, 0.1) is 0 Å². The molecule has 2 aliphatic rings. The Kier molecular flexibility index (Phi) is 12.3. The van der Waals surface area contributed by atoms with Crippen molar-refractivity contribution in [3.8, 4) is 17.2 Å². The van der Waals surface area contributed by atoms with E-state index in [9.17, 15) is 14.7 Å². The Morgan fingerprint density at radius 3 is 2.42 bits per heavy atom. The highest BCUT2D eigenvalue weighted by atomic mass is 16.5. The molecule has 2 aromatic carbocycles. The average Bonchev–Trinajstić information content (AvgIpc) is 3.28. The fourth-order valence-corrected chi connectivity index (χ4v) is 5.48. The Balaban J connectivity index is 1.67. The minimum Gasteiger partial charge on any atom is -0.507 e. The summed E-state index contributed by atoms with van der Waals surface area (Å²) in [5.74, 6) is 0.161. The van der Waals surface area contributed by atoms with Gasteiger partial charge in [-0.15, -0.1) is 0 Å². The minimum absolute atomic E-state index is 0.0562. The summed E-state index contributed by atoms with van der Waals surface area (Å²) in [5.41, 5.74) is 1.15. The zero-order valence-corrected chi connectivity index (χ0v) is 25.8. The molecule has 0 aliphatic carbocycles. The maximum atomic E-state index is 13.6. The Labute approximate surface area is 255 Å². The normalized spacial score (nSPS) is 18.7. The van der Waals surface area contributed by atoms with Crippen molar-refractivity contribution in [3.05, 3.63) is 59.2 Å². The first-order valence-electron chi connectivity index (χ1n) is 15.6. The molecule has 2 aliphatic heterocycles. The number of aliphatic hydroxyl groups excluding tert-OH is 1. The van der Waals surface area contributed by atoms with E-state index in [0.717, 1.165) is 51.7 Å². The number of aliphatic hydroxyl groups is 1. The number of morpholine rings is 1. The van der Waals surface area contributed by atoms with E-state index in [-0.39, 0.29) is 11.3 Å². The third kappa shape index (κ3) is 8.30. The molecule has 1 N–H and O–H groups in total. The second kappa shape index (κ2) is 16.3. The van der Waals surface area contributed by atoms with Crippen molar-refractivity contribution in [1.82, 2.24) is 9.80 Å². The Bertz CT molecular complexity index is 1260. The van der Waals surface area contributed by atoms with Gasteiger partial charge < -0.3 is 29.0 Å². The van der Waals surface area contributed by atoms with E-state index >= 15 is 0 Å². The summed E-state index contributed by atoms with van der Waals surface area (Å²) in [6.45, 7) is 9.57. The van der Waals surface area contributed by atoms with Crippen molar-refractivity contribution in [3.63, 3.8) is 0 Å². The fraction of sp³-hybridized carbons (Fsp3) is 0.529. The molecule has 1 amide bonds. The molecular formula is C34H46N2O7. The summed E-state index contributed by atoms with van der Waals surface area (Å²) in [5, 5.41) is 11.6. The smallest absolute Gasteiger partial charge is 0.295 e. The lowest BCUT2D eigenvalue weighted by molar-refractivity contribution is -0.140. The monoisotopic (exact) mass is 594 g/mol. The highest BCUT2D eigenvalue weighted by Gasteiger charge is 2.46. The molecule has 0 bridgehead atoms. The Morgan fingerprint density at radius 2 is 1.67 bits per heavy atom. The number of ether oxygens (including phenoxy) is 4. The van der Waals surface area contributed by atoms with Gasteiger partial charge in [0, 0.05) is 31.7 Å². The van der Waals surface area contributed by atoms with Crippen LogP contribution in [-0.4, -0.2) is 86.3 Å². The van der Waals surface area contributed by atoms with Gasteiger partial charge in [0.2, 0.25) is 0 Å². The number of amides is 1. The van der Waals surface area contributed by atoms with E-state index in [0.29, 0.717) is 67.8 Å². The highest BCUT2D eigenvalue weighted by Crippen LogP contribution is 2.42. The largest absolute Gasteiger partial charge is 0.507 e. The molecule has 9 heteroatoms. The van der Waals surface area contributed by atoms with Gasteiger partial charge in [-0.3, -0.25) is 14.5 Å². The van der Waals surface area contributed by atoms with Gasteiger partial charge in [0.15, 0.2) is 11.5 Å². The van der Waals surface area contributed by atoms with E-state index in [1.165, 1.54) is 0 Å². The van der Waals surface area contributed by atoms with E-state index in [1.54, 1.807) is 36.3 Å². The molecule has 2 aromatic rings. The van der Waals surface area contributed by atoms with Gasteiger partial charge in [0.1, 0.15) is 11.5 Å². The SMILES string of the molecule is CCCCCOc1ccc(C2/C(=C(\O)c3cccc(OCCCC)c3)C(=O)C(=O)N2CCCN2CCOCC2)cc1OC. The quantitative estimate of drug-likeness (QED) is 0.116. The Morgan fingerprint density at radius 1 is 0.907 bits per heavy atom. The molecule has 0 aromatic heterocycles. The lowest BCUT2D eigenvalue weighted by Gasteiger charge is -2.29. The van der Waals surface area contributed by atoms with Crippen molar-refractivity contribution >= 4 is 17.4 Å². The first kappa shape index (κ1) is 32.4. The van der Waals surface area contributed by atoms with Crippen LogP contribution in [-0.2, 0) is 14.3 Å². The van der Waals surface area contributed by atoms with Gasteiger partial charge in [-0.1, -0.05) is 51.3 Å². The van der Waals surface area contributed by atoms with E-state index in [2.05, 4.69) is 18.7 Å². The zero-order chi connectivity index (χ0) is 30.6. The molecule has 0 saturated carbocycles. The average molecular weight is 595 g/mol. The number of benzene rings is 2. The van der Waals surface area contributed by atoms with E-state index < -0.39 is 17.7 Å². The number of unbranched alkanes of at least 4 members (excludes halogenated alkanes) is 3. The molecule has 43 heavy (non-hydrogen) atoms. The fourth-order valence-electron chi connectivity index (χ4n) is 5.48. The number of carbonyl (C=O) groups excluding carboxylic acids is 2. The van der Waals surface area contributed by atoms with Gasteiger partial charge in [-0.05, 0) is 49.1 Å². The van der Waals surface area contributed by atoms with Crippen LogP contribution in [0.1, 0.15) is 69.5 Å².